The van der Waals surface area contributed by atoms with Gasteiger partial charge in [-0.25, -0.2) is 0 Å². The van der Waals surface area contributed by atoms with Crippen LogP contribution in [0.5, 0.6) is 0 Å². The van der Waals surface area contributed by atoms with Crippen molar-refractivity contribution in [2.24, 2.45) is 11.7 Å². The predicted octanol–water partition coefficient (Wildman–Crippen LogP) is 2.39. The largest absolute Gasteiger partial charge is 0.377 e. The molecule has 0 aromatic rings. The molecule has 1 aliphatic carbocycles. The first-order chi connectivity index (χ1) is 8.79. The van der Waals surface area contributed by atoms with Crippen molar-refractivity contribution in [2.45, 2.75) is 64.0 Å². The molecule has 0 spiro atoms. The molecule has 0 aromatic heterocycles. The monoisotopic (exact) mass is 254 g/mol. The van der Waals surface area contributed by atoms with Crippen LogP contribution in [0.15, 0.2) is 0 Å². The van der Waals surface area contributed by atoms with Gasteiger partial charge in [0.25, 0.3) is 0 Å². The molecule has 0 radical (unpaired) electrons. The average molecular weight is 254 g/mol. The third-order valence-electron chi connectivity index (χ3n) is 4.64. The quantitative estimate of drug-likeness (QED) is 0.766. The van der Waals surface area contributed by atoms with E-state index in [1.807, 2.05) is 0 Å². The molecule has 106 valence electrons. The molecule has 3 atom stereocenters. The summed E-state index contributed by atoms with van der Waals surface area (Å²) in [6, 6.07) is 0.422. The highest BCUT2D eigenvalue weighted by atomic mass is 16.5. The van der Waals surface area contributed by atoms with Gasteiger partial charge in [-0.05, 0) is 38.1 Å². The van der Waals surface area contributed by atoms with Gasteiger partial charge in [0.15, 0.2) is 0 Å². The lowest BCUT2D eigenvalue weighted by Gasteiger charge is -2.30. The van der Waals surface area contributed by atoms with E-state index in [1.165, 1.54) is 51.5 Å². The van der Waals surface area contributed by atoms with E-state index in [2.05, 4.69) is 11.8 Å². The average Bonchev–Trinajstić information content (AvgIpc) is 2.80. The SMILES string of the molecule is CCN(CC1CCCO1)CC1CCCCCC1N. The van der Waals surface area contributed by atoms with E-state index in [4.69, 9.17) is 10.5 Å². The Bertz CT molecular complexity index is 229. The van der Waals surface area contributed by atoms with Crippen LogP contribution < -0.4 is 5.73 Å². The van der Waals surface area contributed by atoms with Crippen molar-refractivity contribution in [3.8, 4) is 0 Å². The Labute approximate surface area is 112 Å². The molecule has 1 aliphatic heterocycles. The number of likely N-dealkylation sites (N-methyl/N-ethyl adjacent to an activating group) is 1. The summed E-state index contributed by atoms with van der Waals surface area (Å²) < 4.78 is 5.75. The molecule has 0 bridgehead atoms. The van der Waals surface area contributed by atoms with Gasteiger partial charge in [0, 0.05) is 25.7 Å². The first-order valence-electron chi connectivity index (χ1n) is 7.89. The summed E-state index contributed by atoms with van der Waals surface area (Å²) in [7, 11) is 0. The number of hydrogen-bond donors (Lipinski definition) is 1. The summed E-state index contributed by atoms with van der Waals surface area (Å²) >= 11 is 0. The minimum absolute atomic E-state index is 0.422. The molecule has 2 N–H and O–H groups in total. The van der Waals surface area contributed by atoms with Gasteiger partial charge in [0.1, 0.15) is 0 Å². The number of nitrogens with zero attached hydrogens (tertiary/aromatic N) is 1. The summed E-state index contributed by atoms with van der Waals surface area (Å²) in [5.74, 6) is 0.703. The molecule has 3 unspecified atom stereocenters. The molecule has 0 aromatic carbocycles. The maximum absolute atomic E-state index is 6.33. The van der Waals surface area contributed by atoms with Crippen LogP contribution in [0.1, 0.15) is 51.9 Å². The summed E-state index contributed by atoms with van der Waals surface area (Å²) in [4.78, 5) is 2.56. The summed E-state index contributed by atoms with van der Waals surface area (Å²) in [5.41, 5.74) is 6.33. The molecule has 1 heterocycles. The van der Waals surface area contributed by atoms with E-state index < -0.39 is 0 Å². The molecular formula is C15H30N2O. The third-order valence-corrected chi connectivity index (χ3v) is 4.64. The molecule has 2 fully saturated rings. The van der Waals surface area contributed by atoms with Gasteiger partial charge < -0.3 is 15.4 Å². The van der Waals surface area contributed by atoms with Gasteiger partial charge in [0.2, 0.25) is 0 Å². The van der Waals surface area contributed by atoms with Gasteiger partial charge in [-0.15, -0.1) is 0 Å². The second kappa shape index (κ2) is 7.46. The van der Waals surface area contributed by atoms with Crippen LogP contribution in [0.25, 0.3) is 0 Å². The van der Waals surface area contributed by atoms with E-state index in [0.717, 1.165) is 19.7 Å². The number of rotatable bonds is 5. The van der Waals surface area contributed by atoms with Crippen molar-refractivity contribution in [3.63, 3.8) is 0 Å². The fourth-order valence-electron chi connectivity index (χ4n) is 3.38. The Kier molecular flexibility index (Phi) is 5.93. The van der Waals surface area contributed by atoms with Crippen molar-refractivity contribution in [3.05, 3.63) is 0 Å². The van der Waals surface area contributed by atoms with Crippen LogP contribution in [0, 0.1) is 5.92 Å². The zero-order chi connectivity index (χ0) is 12.8. The number of ether oxygens (including phenoxy) is 1. The van der Waals surface area contributed by atoms with Crippen LogP contribution in [0.3, 0.4) is 0 Å². The number of nitrogens with two attached hydrogens (primary N) is 1. The third kappa shape index (κ3) is 4.22. The minimum atomic E-state index is 0.422. The Balaban J connectivity index is 1.79. The van der Waals surface area contributed by atoms with Crippen molar-refractivity contribution >= 4 is 0 Å². The van der Waals surface area contributed by atoms with E-state index in [-0.39, 0.29) is 0 Å². The highest BCUT2D eigenvalue weighted by Crippen LogP contribution is 2.23. The minimum Gasteiger partial charge on any atom is -0.377 e. The molecule has 2 rings (SSSR count). The Morgan fingerprint density at radius 2 is 1.89 bits per heavy atom. The normalized spacial score (nSPS) is 33.8. The van der Waals surface area contributed by atoms with Crippen molar-refractivity contribution in [1.82, 2.24) is 4.90 Å². The Morgan fingerprint density at radius 3 is 2.61 bits per heavy atom. The fourth-order valence-corrected chi connectivity index (χ4v) is 3.38. The van der Waals surface area contributed by atoms with Crippen molar-refractivity contribution < 1.29 is 4.74 Å². The van der Waals surface area contributed by atoms with Gasteiger partial charge in [-0.1, -0.05) is 26.2 Å². The Hall–Kier alpha value is -0.120. The zero-order valence-corrected chi connectivity index (χ0v) is 11.9. The second-order valence-corrected chi connectivity index (χ2v) is 6.05. The lowest BCUT2D eigenvalue weighted by molar-refractivity contribution is 0.0671. The first-order valence-corrected chi connectivity index (χ1v) is 7.89. The lowest BCUT2D eigenvalue weighted by atomic mass is 9.94. The van der Waals surface area contributed by atoms with Gasteiger partial charge >= 0.3 is 0 Å². The molecular weight excluding hydrogens is 224 g/mol. The predicted molar refractivity (Wildman–Crippen MR) is 75.6 cm³/mol. The standard InChI is InChI=1S/C15H30N2O/c1-2-17(12-14-8-6-10-18-14)11-13-7-4-3-5-9-15(13)16/h13-15H,2-12,16H2,1H3. The van der Waals surface area contributed by atoms with Gasteiger partial charge in [0.05, 0.1) is 6.10 Å². The molecule has 0 amide bonds. The molecule has 1 saturated carbocycles. The summed E-state index contributed by atoms with van der Waals surface area (Å²) in [6.07, 6.45) is 9.59. The van der Waals surface area contributed by atoms with E-state index in [9.17, 15) is 0 Å². The first kappa shape index (κ1) is 14.3. The fraction of sp³-hybridized carbons (Fsp3) is 1.00. The summed E-state index contributed by atoms with van der Waals surface area (Å²) in [5, 5.41) is 0. The Morgan fingerprint density at radius 1 is 1.06 bits per heavy atom. The smallest absolute Gasteiger partial charge is 0.0702 e. The number of hydrogen-bond acceptors (Lipinski definition) is 3. The topological polar surface area (TPSA) is 38.5 Å². The van der Waals surface area contributed by atoms with Crippen LogP contribution in [0.4, 0.5) is 0 Å². The second-order valence-electron chi connectivity index (χ2n) is 6.05. The van der Waals surface area contributed by atoms with E-state index in [1.54, 1.807) is 0 Å². The van der Waals surface area contributed by atoms with Gasteiger partial charge in [-0.2, -0.15) is 0 Å². The molecule has 3 nitrogen and oxygen atoms in total. The molecule has 2 aliphatic rings. The van der Waals surface area contributed by atoms with Crippen LogP contribution >= 0.6 is 0 Å². The van der Waals surface area contributed by atoms with Crippen LogP contribution in [0.2, 0.25) is 0 Å². The van der Waals surface area contributed by atoms with Crippen molar-refractivity contribution in [1.29, 1.82) is 0 Å². The highest BCUT2D eigenvalue weighted by molar-refractivity contribution is 4.80. The van der Waals surface area contributed by atoms with Crippen LogP contribution in [-0.4, -0.2) is 43.3 Å². The lowest BCUT2D eigenvalue weighted by Crippen LogP contribution is -2.41. The van der Waals surface area contributed by atoms with E-state index >= 15 is 0 Å². The van der Waals surface area contributed by atoms with Gasteiger partial charge in [-0.3, -0.25) is 0 Å². The van der Waals surface area contributed by atoms with E-state index in [0.29, 0.717) is 18.1 Å². The zero-order valence-electron chi connectivity index (χ0n) is 11.9. The maximum atomic E-state index is 6.33. The molecule has 18 heavy (non-hydrogen) atoms. The summed E-state index contributed by atoms with van der Waals surface area (Å²) in [6.45, 7) is 6.64. The maximum Gasteiger partial charge on any atom is 0.0702 e. The van der Waals surface area contributed by atoms with Crippen LogP contribution in [-0.2, 0) is 4.74 Å². The molecule has 1 saturated heterocycles. The molecule has 3 heteroatoms. The van der Waals surface area contributed by atoms with Crippen molar-refractivity contribution in [2.75, 3.05) is 26.2 Å². The highest BCUT2D eigenvalue weighted by Gasteiger charge is 2.24.